The maximum atomic E-state index is 11.3. The van der Waals surface area contributed by atoms with E-state index in [2.05, 4.69) is 5.32 Å². The summed E-state index contributed by atoms with van der Waals surface area (Å²) >= 11 is 11.4. The number of nitrogens with one attached hydrogen (secondary N) is 1. The summed E-state index contributed by atoms with van der Waals surface area (Å²) in [6, 6.07) is 4.51. The lowest BCUT2D eigenvalue weighted by Crippen LogP contribution is -2.24. The Bertz CT molecular complexity index is 366. The number of rotatable bonds is 3. The molecular formula is C9H7Cl2NO2. The molecule has 0 saturated carbocycles. The Hall–Kier alpha value is -1.06. The minimum absolute atomic E-state index is 0.0148. The largest absolute Gasteiger partial charge is 0.345 e. The predicted molar refractivity (Wildman–Crippen MR) is 54.9 cm³/mol. The van der Waals surface area contributed by atoms with Crippen molar-refractivity contribution < 1.29 is 9.59 Å². The first-order valence-corrected chi connectivity index (χ1v) is 4.57. The van der Waals surface area contributed by atoms with Gasteiger partial charge in [0.1, 0.15) is 6.29 Å². The molecule has 0 unspecified atom stereocenters. The quantitative estimate of drug-likeness (QED) is 0.809. The van der Waals surface area contributed by atoms with E-state index in [0.29, 0.717) is 21.9 Å². The van der Waals surface area contributed by atoms with Crippen molar-refractivity contribution in [2.24, 2.45) is 0 Å². The van der Waals surface area contributed by atoms with E-state index in [1.165, 1.54) is 18.2 Å². The highest BCUT2D eigenvalue weighted by molar-refractivity contribution is 6.42. The molecule has 1 aromatic rings. The lowest BCUT2D eigenvalue weighted by Gasteiger charge is -2.02. The van der Waals surface area contributed by atoms with Gasteiger partial charge in [-0.25, -0.2) is 0 Å². The molecule has 1 aromatic carbocycles. The lowest BCUT2D eigenvalue weighted by atomic mass is 10.2. The molecule has 0 atom stereocenters. The number of benzene rings is 1. The smallest absolute Gasteiger partial charge is 0.251 e. The SMILES string of the molecule is O=CCNC(=O)c1ccc(Cl)c(Cl)c1. The van der Waals surface area contributed by atoms with Crippen molar-refractivity contribution in [2.45, 2.75) is 0 Å². The highest BCUT2D eigenvalue weighted by atomic mass is 35.5. The number of aldehydes is 1. The fourth-order valence-corrected chi connectivity index (χ4v) is 1.17. The van der Waals surface area contributed by atoms with Gasteiger partial charge in [-0.2, -0.15) is 0 Å². The molecule has 0 spiro atoms. The molecule has 0 bridgehead atoms. The minimum Gasteiger partial charge on any atom is -0.345 e. The monoisotopic (exact) mass is 231 g/mol. The second kappa shape index (κ2) is 4.98. The highest BCUT2D eigenvalue weighted by Gasteiger charge is 2.06. The van der Waals surface area contributed by atoms with E-state index in [1.807, 2.05) is 0 Å². The molecule has 1 N–H and O–H groups in total. The van der Waals surface area contributed by atoms with E-state index in [-0.39, 0.29) is 12.5 Å². The normalized spacial score (nSPS) is 9.57. The third-order valence-corrected chi connectivity index (χ3v) is 2.27. The van der Waals surface area contributed by atoms with Gasteiger partial charge in [-0.15, -0.1) is 0 Å². The fraction of sp³-hybridized carbons (Fsp3) is 0.111. The van der Waals surface area contributed by atoms with E-state index >= 15 is 0 Å². The van der Waals surface area contributed by atoms with Crippen LogP contribution in [0, 0.1) is 0 Å². The number of amides is 1. The molecule has 3 nitrogen and oxygen atoms in total. The van der Waals surface area contributed by atoms with Crippen molar-refractivity contribution in [3.8, 4) is 0 Å². The molecule has 1 amide bonds. The van der Waals surface area contributed by atoms with Crippen LogP contribution in [0.2, 0.25) is 10.0 Å². The van der Waals surface area contributed by atoms with Crippen molar-refractivity contribution >= 4 is 35.4 Å². The summed E-state index contributed by atoms with van der Waals surface area (Å²) in [7, 11) is 0. The zero-order valence-electron chi connectivity index (χ0n) is 7.09. The molecule has 0 fully saturated rings. The van der Waals surface area contributed by atoms with Gasteiger partial charge in [0.05, 0.1) is 16.6 Å². The van der Waals surface area contributed by atoms with Crippen molar-refractivity contribution in [1.82, 2.24) is 5.32 Å². The van der Waals surface area contributed by atoms with Gasteiger partial charge in [0, 0.05) is 5.56 Å². The van der Waals surface area contributed by atoms with Crippen molar-refractivity contribution in [2.75, 3.05) is 6.54 Å². The van der Waals surface area contributed by atoms with Crippen molar-refractivity contribution in [1.29, 1.82) is 0 Å². The van der Waals surface area contributed by atoms with Crippen LogP contribution < -0.4 is 5.32 Å². The Balaban J connectivity index is 2.80. The summed E-state index contributed by atoms with van der Waals surface area (Å²) in [6.07, 6.45) is 0.607. The van der Waals surface area contributed by atoms with E-state index < -0.39 is 0 Å². The van der Waals surface area contributed by atoms with Crippen LogP contribution in [0.1, 0.15) is 10.4 Å². The summed E-state index contributed by atoms with van der Waals surface area (Å²) in [4.78, 5) is 21.3. The van der Waals surface area contributed by atoms with Crippen molar-refractivity contribution in [3.63, 3.8) is 0 Å². The Morgan fingerprint density at radius 1 is 1.36 bits per heavy atom. The number of halogens is 2. The Morgan fingerprint density at radius 2 is 2.07 bits per heavy atom. The van der Waals surface area contributed by atoms with Crippen LogP contribution in [-0.4, -0.2) is 18.7 Å². The van der Waals surface area contributed by atoms with Gasteiger partial charge in [-0.05, 0) is 18.2 Å². The number of hydrogen-bond acceptors (Lipinski definition) is 2. The van der Waals surface area contributed by atoms with E-state index in [9.17, 15) is 9.59 Å². The standard InChI is InChI=1S/C9H7Cl2NO2/c10-7-2-1-6(5-8(7)11)9(14)12-3-4-13/h1-2,4-5H,3H2,(H,12,14). The topological polar surface area (TPSA) is 46.2 Å². The molecule has 0 saturated heterocycles. The summed E-state index contributed by atoms with van der Waals surface area (Å²) in [5.74, 6) is -0.351. The zero-order valence-corrected chi connectivity index (χ0v) is 8.60. The molecule has 0 aromatic heterocycles. The summed E-state index contributed by atoms with van der Waals surface area (Å²) < 4.78 is 0. The van der Waals surface area contributed by atoms with Crippen LogP contribution in [0.25, 0.3) is 0 Å². The first-order valence-electron chi connectivity index (χ1n) is 3.82. The van der Waals surface area contributed by atoms with Gasteiger partial charge in [-0.3, -0.25) is 4.79 Å². The summed E-state index contributed by atoms with van der Waals surface area (Å²) in [6.45, 7) is -0.0148. The minimum atomic E-state index is -0.351. The number of hydrogen-bond donors (Lipinski definition) is 1. The Kier molecular flexibility index (Phi) is 3.92. The molecule has 0 aliphatic heterocycles. The number of carbonyl (C=O) groups excluding carboxylic acids is 2. The van der Waals surface area contributed by atoms with Gasteiger partial charge in [-0.1, -0.05) is 23.2 Å². The first-order chi connectivity index (χ1) is 6.65. The van der Waals surface area contributed by atoms with Crippen LogP contribution >= 0.6 is 23.2 Å². The van der Waals surface area contributed by atoms with Gasteiger partial charge < -0.3 is 10.1 Å². The van der Waals surface area contributed by atoms with E-state index in [4.69, 9.17) is 23.2 Å². The van der Waals surface area contributed by atoms with Crippen LogP contribution in [0.15, 0.2) is 18.2 Å². The molecule has 5 heteroatoms. The first kappa shape index (κ1) is 11.0. The fourth-order valence-electron chi connectivity index (χ4n) is 0.874. The lowest BCUT2D eigenvalue weighted by molar-refractivity contribution is -0.107. The zero-order chi connectivity index (χ0) is 10.6. The molecule has 1 rings (SSSR count). The highest BCUT2D eigenvalue weighted by Crippen LogP contribution is 2.22. The van der Waals surface area contributed by atoms with E-state index in [0.717, 1.165) is 0 Å². The molecule has 0 heterocycles. The average Bonchev–Trinajstić information content (AvgIpc) is 2.18. The number of carbonyl (C=O) groups is 2. The van der Waals surface area contributed by atoms with Crippen LogP contribution in [0.4, 0.5) is 0 Å². The van der Waals surface area contributed by atoms with Gasteiger partial charge >= 0.3 is 0 Å². The predicted octanol–water partition coefficient (Wildman–Crippen LogP) is 1.92. The van der Waals surface area contributed by atoms with Crippen molar-refractivity contribution in [3.05, 3.63) is 33.8 Å². The Labute approximate surface area is 91.0 Å². The summed E-state index contributed by atoms with van der Waals surface area (Å²) in [5, 5.41) is 3.08. The maximum absolute atomic E-state index is 11.3. The van der Waals surface area contributed by atoms with Crippen LogP contribution in [0.5, 0.6) is 0 Å². The molecular weight excluding hydrogens is 225 g/mol. The molecule has 0 radical (unpaired) electrons. The average molecular weight is 232 g/mol. The third-order valence-electron chi connectivity index (χ3n) is 1.53. The van der Waals surface area contributed by atoms with E-state index in [1.54, 1.807) is 0 Å². The van der Waals surface area contributed by atoms with Gasteiger partial charge in [0.25, 0.3) is 5.91 Å². The maximum Gasteiger partial charge on any atom is 0.251 e. The molecule has 74 valence electrons. The van der Waals surface area contributed by atoms with Gasteiger partial charge in [0.15, 0.2) is 0 Å². The molecule has 0 aliphatic carbocycles. The van der Waals surface area contributed by atoms with Crippen LogP contribution in [-0.2, 0) is 4.79 Å². The summed E-state index contributed by atoms with van der Waals surface area (Å²) in [5.41, 5.74) is 0.376. The molecule has 0 aliphatic rings. The second-order valence-electron chi connectivity index (χ2n) is 2.51. The van der Waals surface area contributed by atoms with Gasteiger partial charge in [0.2, 0.25) is 0 Å². The Morgan fingerprint density at radius 3 is 2.64 bits per heavy atom. The molecule has 14 heavy (non-hydrogen) atoms. The second-order valence-corrected chi connectivity index (χ2v) is 3.32. The van der Waals surface area contributed by atoms with Crippen LogP contribution in [0.3, 0.4) is 0 Å². The third kappa shape index (κ3) is 2.72.